The number of phenolic OH excluding ortho intramolecular Hbond substituents is 1. The summed E-state index contributed by atoms with van der Waals surface area (Å²) in [6.45, 7) is 0. The van der Waals surface area contributed by atoms with Gasteiger partial charge in [0.1, 0.15) is 22.5 Å². The van der Waals surface area contributed by atoms with Crippen LogP contribution in [0, 0.1) is 0 Å². The van der Waals surface area contributed by atoms with Gasteiger partial charge in [0.25, 0.3) is 0 Å². The van der Waals surface area contributed by atoms with E-state index in [1.807, 2.05) is 0 Å². The highest BCUT2D eigenvalue weighted by Gasteiger charge is 2.22. The van der Waals surface area contributed by atoms with Crippen LogP contribution in [0.15, 0.2) is 33.5 Å². The maximum Gasteiger partial charge on any atom is 0.238 e. The first kappa shape index (κ1) is 18.2. The number of benzene rings is 2. The lowest BCUT2D eigenvalue weighted by molar-refractivity contribution is 0.333. The van der Waals surface area contributed by atoms with E-state index in [4.69, 9.17) is 23.4 Å². The highest BCUT2D eigenvalue weighted by Crippen LogP contribution is 2.43. The van der Waals surface area contributed by atoms with Crippen LogP contribution >= 0.6 is 0 Å². The van der Waals surface area contributed by atoms with Gasteiger partial charge in [-0.15, -0.1) is 0 Å². The molecular formula is C19H18O8. The molecule has 0 amide bonds. The molecule has 0 unspecified atom stereocenters. The Hall–Kier alpha value is -3.55. The highest BCUT2D eigenvalue weighted by molar-refractivity contribution is 5.88. The van der Waals surface area contributed by atoms with E-state index in [2.05, 4.69) is 0 Å². The first-order valence-corrected chi connectivity index (χ1v) is 7.82. The lowest BCUT2D eigenvalue weighted by Gasteiger charge is -2.13. The molecule has 0 aliphatic carbocycles. The Morgan fingerprint density at radius 3 is 2.15 bits per heavy atom. The van der Waals surface area contributed by atoms with Gasteiger partial charge in [-0.1, -0.05) is 0 Å². The number of aromatic hydroxyl groups is 2. The Bertz CT molecular complexity index is 1070. The first-order valence-electron chi connectivity index (χ1n) is 7.82. The standard InChI is InChI=1S/C19H18O8/c1-23-10-7-12(24-2)15-13(8-10)27-18(17(22)16(15)21)9-5-11(20)19(26-4)14(6-9)25-3/h5-8,20,22H,1-4H3. The Morgan fingerprint density at radius 2 is 1.56 bits per heavy atom. The number of methoxy groups -OCH3 is 4. The highest BCUT2D eigenvalue weighted by atomic mass is 16.5. The second kappa shape index (κ2) is 6.99. The molecule has 1 heterocycles. The third-order valence-electron chi connectivity index (χ3n) is 4.09. The van der Waals surface area contributed by atoms with Gasteiger partial charge in [0, 0.05) is 17.7 Å². The van der Waals surface area contributed by atoms with Crippen LogP contribution in [0.2, 0.25) is 0 Å². The average molecular weight is 374 g/mol. The van der Waals surface area contributed by atoms with Crippen LogP contribution in [0.4, 0.5) is 0 Å². The smallest absolute Gasteiger partial charge is 0.238 e. The van der Waals surface area contributed by atoms with Crippen molar-refractivity contribution in [2.75, 3.05) is 28.4 Å². The van der Waals surface area contributed by atoms with Crippen molar-refractivity contribution in [3.8, 4) is 45.8 Å². The number of rotatable bonds is 5. The normalized spacial score (nSPS) is 10.7. The van der Waals surface area contributed by atoms with E-state index in [9.17, 15) is 15.0 Å². The fraction of sp³-hybridized carbons (Fsp3) is 0.211. The van der Waals surface area contributed by atoms with Crippen LogP contribution in [0.5, 0.6) is 34.5 Å². The molecule has 2 aromatic carbocycles. The molecule has 0 aliphatic heterocycles. The zero-order valence-electron chi connectivity index (χ0n) is 15.2. The van der Waals surface area contributed by atoms with Gasteiger partial charge in [-0.25, -0.2) is 0 Å². The van der Waals surface area contributed by atoms with E-state index < -0.39 is 11.2 Å². The van der Waals surface area contributed by atoms with Crippen LogP contribution < -0.4 is 24.4 Å². The summed E-state index contributed by atoms with van der Waals surface area (Å²) in [6.07, 6.45) is 0. The molecule has 142 valence electrons. The molecule has 0 spiro atoms. The number of phenols is 1. The predicted molar refractivity (Wildman–Crippen MR) is 97.5 cm³/mol. The predicted octanol–water partition coefficient (Wildman–Crippen LogP) is 2.91. The molecule has 0 saturated carbocycles. The van der Waals surface area contributed by atoms with Crippen LogP contribution in [0.1, 0.15) is 0 Å². The minimum Gasteiger partial charge on any atom is -0.504 e. The third kappa shape index (κ3) is 2.95. The van der Waals surface area contributed by atoms with Crippen LogP contribution in [-0.2, 0) is 0 Å². The summed E-state index contributed by atoms with van der Waals surface area (Å²) in [5.41, 5.74) is -0.304. The molecule has 8 heteroatoms. The third-order valence-corrected chi connectivity index (χ3v) is 4.09. The number of hydrogen-bond acceptors (Lipinski definition) is 8. The number of ether oxygens (including phenoxy) is 4. The quantitative estimate of drug-likeness (QED) is 0.702. The molecule has 1 aromatic heterocycles. The summed E-state index contributed by atoms with van der Waals surface area (Å²) in [6, 6.07) is 5.78. The molecule has 0 bridgehead atoms. The summed E-state index contributed by atoms with van der Waals surface area (Å²) < 4.78 is 26.4. The van der Waals surface area contributed by atoms with Crippen molar-refractivity contribution in [3.63, 3.8) is 0 Å². The van der Waals surface area contributed by atoms with E-state index in [0.717, 1.165) is 0 Å². The van der Waals surface area contributed by atoms with Gasteiger partial charge in [-0.05, 0) is 12.1 Å². The Labute approximate surface area is 154 Å². The van der Waals surface area contributed by atoms with Crippen molar-refractivity contribution in [1.29, 1.82) is 0 Å². The van der Waals surface area contributed by atoms with Crippen molar-refractivity contribution in [2.24, 2.45) is 0 Å². The molecule has 8 nitrogen and oxygen atoms in total. The Morgan fingerprint density at radius 1 is 0.852 bits per heavy atom. The summed E-state index contributed by atoms with van der Waals surface area (Å²) in [5, 5.41) is 20.7. The minimum atomic E-state index is -0.681. The van der Waals surface area contributed by atoms with Gasteiger partial charge in [0.15, 0.2) is 17.3 Å². The fourth-order valence-corrected chi connectivity index (χ4v) is 2.80. The summed E-state index contributed by atoms with van der Waals surface area (Å²) >= 11 is 0. The zero-order chi connectivity index (χ0) is 19.7. The van der Waals surface area contributed by atoms with Crippen molar-refractivity contribution >= 4 is 11.0 Å². The van der Waals surface area contributed by atoms with Crippen LogP contribution in [0.25, 0.3) is 22.3 Å². The van der Waals surface area contributed by atoms with Crippen LogP contribution in [0.3, 0.4) is 0 Å². The van der Waals surface area contributed by atoms with E-state index in [0.29, 0.717) is 5.75 Å². The zero-order valence-corrected chi connectivity index (χ0v) is 15.2. The second-order valence-corrected chi connectivity index (χ2v) is 5.54. The summed E-state index contributed by atoms with van der Waals surface area (Å²) in [5.74, 6) is -0.0663. The average Bonchev–Trinajstić information content (AvgIpc) is 2.68. The van der Waals surface area contributed by atoms with Gasteiger partial charge in [0.2, 0.25) is 16.9 Å². The van der Waals surface area contributed by atoms with Crippen molar-refractivity contribution < 1.29 is 33.6 Å². The van der Waals surface area contributed by atoms with Gasteiger partial charge in [0.05, 0.1) is 28.4 Å². The van der Waals surface area contributed by atoms with Crippen molar-refractivity contribution in [2.45, 2.75) is 0 Å². The van der Waals surface area contributed by atoms with Gasteiger partial charge < -0.3 is 33.6 Å². The van der Waals surface area contributed by atoms with Gasteiger partial charge >= 0.3 is 0 Å². The monoisotopic (exact) mass is 374 g/mol. The van der Waals surface area contributed by atoms with E-state index >= 15 is 0 Å². The molecular weight excluding hydrogens is 356 g/mol. The van der Waals surface area contributed by atoms with E-state index in [1.54, 1.807) is 0 Å². The van der Waals surface area contributed by atoms with E-state index in [1.165, 1.54) is 52.7 Å². The lowest BCUT2D eigenvalue weighted by atomic mass is 10.1. The molecule has 0 saturated heterocycles. The Kier molecular flexibility index (Phi) is 4.72. The lowest BCUT2D eigenvalue weighted by Crippen LogP contribution is -2.05. The number of fused-ring (bicyclic) bond motifs is 1. The topological polar surface area (TPSA) is 108 Å². The molecule has 2 N–H and O–H groups in total. The van der Waals surface area contributed by atoms with Crippen LogP contribution in [-0.4, -0.2) is 38.7 Å². The molecule has 27 heavy (non-hydrogen) atoms. The van der Waals surface area contributed by atoms with Gasteiger partial charge in [-0.3, -0.25) is 4.79 Å². The SMILES string of the molecule is COc1cc(OC)c2c(=O)c(O)c(-c3cc(O)c(OC)c(OC)c3)oc2c1. The largest absolute Gasteiger partial charge is 0.504 e. The molecule has 3 rings (SSSR count). The Balaban J connectivity index is 2.35. The maximum absolute atomic E-state index is 12.7. The molecule has 0 aliphatic rings. The molecule has 0 atom stereocenters. The van der Waals surface area contributed by atoms with E-state index in [-0.39, 0.29) is 45.3 Å². The number of hydrogen-bond donors (Lipinski definition) is 2. The fourth-order valence-electron chi connectivity index (χ4n) is 2.80. The maximum atomic E-state index is 12.7. The minimum absolute atomic E-state index is 0.0734. The summed E-state index contributed by atoms with van der Waals surface area (Å²) in [7, 11) is 5.63. The van der Waals surface area contributed by atoms with Gasteiger partial charge in [-0.2, -0.15) is 0 Å². The second-order valence-electron chi connectivity index (χ2n) is 5.54. The first-order chi connectivity index (χ1) is 12.9. The molecule has 3 aromatic rings. The van der Waals surface area contributed by atoms with Crippen molar-refractivity contribution in [1.82, 2.24) is 0 Å². The molecule has 0 radical (unpaired) electrons. The summed E-state index contributed by atoms with van der Waals surface area (Å²) in [4.78, 5) is 12.7. The molecule has 0 fully saturated rings. The van der Waals surface area contributed by atoms with Crippen molar-refractivity contribution in [3.05, 3.63) is 34.5 Å².